The Balaban J connectivity index is 1.83. The molecule has 2 atom stereocenters. The van der Waals surface area contributed by atoms with E-state index in [0.717, 1.165) is 17.9 Å². The summed E-state index contributed by atoms with van der Waals surface area (Å²) in [5.41, 5.74) is 7.40. The van der Waals surface area contributed by atoms with E-state index < -0.39 is 17.6 Å². The summed E-state index contributed by atoms with van der Waals surface area (Å²) in [4.78, 5) is 22.2. The first-order valence-corrected chi connectivity index (χ1v) is 11.4. The summed E-state index contributed by atoms with van der Waals surface area (Å²) in [5, 5.41) is 0.889. The maximum Gasteiger partial charge on any atom is 0.249 e. The highest BCUT2D eigenvalue weighted by atomic mass is 35.5. The molecule has 3 aromatic rings. The number of aryl methyl sites for hydroxylation is 1. The van der Waals surface area contributed by atoms with Crippen molar-refractivity contribution in [3.8, 4) is 16.3 Å². The summed E-state index contributed by atoms with van der Waals surface area (Å²) in [5.74, 6) is -0.961. The number of thiazole rings is 1. The fourth-order valence-electron chi connectivity index (χ4n) is 3.85. The van der Waals surface area contributed by atoms with E-state index in [0.29, 0.717) is 41.0 Å². The van der Waals surface area contributed by atoms with Gasteiger partial charge >= 0.3 is 0 Å². The normalized spacial score (nSPS) is 16.8. The zero-order valence-corrected chi connectivity index (χ0v) is 19.3. The second-order valence-corrected chi connectivity index (χ2v) is 9.53. The van der Waals surface area contributed by atoms with Crippen LogP contribution in [0.3, 0.4) is 0 Å². The summed E-state index contributed by atoms with van der Waals surface area (Å²) in [6.07, 6.45) is 4.07. The number of rotatable bonds is 7. The molecule has 0 spiro atoms. The van der Waals surface area contributed by atoms with Crippen molar-refractivity contribution in [2.24, 2.45) is 11.7 Å². The summed E-state index contributed by atoms with van der Waals surface area (Å²) < 4.78 is 26.1. The number of ether oxygens (including phenoxy) is 2. The SMILES string of the molecule is Cc1cnc(-c2cc(OC[C@@H]3CCOC3)cc(C(N)=O)c2C(C)c2ncc(Cl)cc2F)s1. The fourth-order valence-corrected chi connectivity index (χ4v) is 4.79. The predicted molar refractivity (Wildman–Crippen MR) is 122 cm³/mol. The van der Waals surface area contributed by atoms with Crippen molar-refractivity contribution < 1.29 is 18.7 Å². The van der Waals surface area contributed by atoms with Gasteiger partial charge in [-0.15, -0.1) is 11.3 Å². The van der Waals surface area contributed by atoms with Crippen LogP contribution >= 0.6 is 22.9 Å². The van der Waals surface area contributed by atoms with Crippen LogP contribution in [0, 0.1) is 18.7 Å². The maximum atomic E-state index is 14.7. The fraction of sp³-hybridized carbons (Fsp3) is 0.348. The van der Waals surface area contributed by atoms with Gasteiger partial charge in [0.25, 0.3) is 0 Å². The van der Waals surface area contributed by atoms with Crippen molar-refractivity contribution in [2.45, 2.75) is 26.2 Å². The Kier molecular flexibility index (Phi) is 6.74. The molecular weight excluding hydrogens is 453 g/mol. The number of pyridine rings is 1. The molecule has 1 aliphatic heterocycles. The van der Waals surface area contributed by atoms with Gasteiger partial charge in [0.15, 0.2) is 0 Å². The first-order chi connectivity index (χ1) is 15.3. The lowest BCUT2D eigenvalue weighted by atomic mass is 9.87. The Morgan fingerprint density at radius 3 is 2.81 bits per heavy atom. The van der Waals surface area contributed by atoms with E-state index in [1.807, 2.05) is 13.0 Å². The third kappa shape index (κ3) is 4.77. The van der Waals surface area contributed by atoms with Gasteiger partial charge in [0.2, 0.25) is 5.91 Å². The third-order valence-corrected chi connectivity index (χ3v) is 6.61. The van der Waals surface area contributed by atoms with Crippen molar-refractivity contribution >= 4 is 28.8 Å². The minimum absolute atomic E-state index is 0.170. The topological polar surface area (TPSA) is 87.3 Å². The average molecular weight is 476 g/mol. The first kappa shape index (κ1) is 22.6. The van der Waals surface area contributed by atoms with Gasteiger partial charge in [-0.2, -0.15) is 0 Å². The van der Waals surface area contributed by atoms with Gasteiger partial charge in [0.1, 0.15) is 16.6 Å². The third-order valence-electron chi connectivity index (χ3n) is 5.46. The number of nitrogens with two attached hydrogens (primary N) is 1. The Labute approximate surface area is 194 Å². The average Bonchev–Trinajstić information content (AvgIpc) is 3.43. The molecule has 1 aromatic carbocycles. The van der Waals surface area contributed by atoms with E-state index >= 15 is 0 Å². The second kappa shape index (κ2) is 9.52. The molecule has 168 valence electrons. The first-order valence-electron chi connectivity index (χ1n) is 10.3. The van der Waals surface area contributed by atoms with Crippen LogP contribution in [0.5, 0.6) is 5.75 Å². The monoisotopic (exact) mass is 475 g/mol. The summed E-state index contributed by atoms with van der Waals surface area (Å²) in [6.45, 7) is 5.57. The van der Waals surface area contributed by atoms with Crippen LogP contribution in [0.4, 0.5) is 4.39 Å². The molecule has 1 saturated heterocycles. The molecule has 32 heavy (non-hydrogen) atoms. The molecule has 6 nitrogen and oxygen atoms in total. The van der Waals surface area contributed by atoms with E-state index in [4.69, 9.17) is 26.8 Å². The zero-order valence-electron chi connectivity index (χ0n) is 17.7. The highest BCUT2D eigenvalue weighted by Crippen LogP contribution is 2.40. The molecule has 0 bridgehead atoms. The molecule has 9 heteroatoms. The molecule has 0 saturated carbocycles. The summed E-state index contributed by atoms with van der Waals surface area (Å²) >= 11 is 7.35. The molecule has 4 rings (SSSR count). The van der Waals surface area contributed by atoms with Crippen LogP contribution in [-0.4, -0.2) is 35.7 Å². The maximum absolute atomic E-state index is 14.7. The molecule has 2 N–H and O–H groups in total. The molecule has 2 aromatic heterocycles. The molecule has 1 fully saturated rings. The number of nitrogens with zero attached hydrogens (tertiary/aromatic N) is 2. The number of benzene rings is 1. The molecule has 0 aliphatic carbocycles. The molecule has 0 radical (unpaired) electrons. The van der Waals surface area contributed by atoms with E-state index in [-0.39, 0.29) is 16.3 Å². The Hall–Kier alpha value is -2.55. The van der Waals surface area contributed by atoms with Gasteiger partial charge in [-0.05, 0) is 37.1 Å². The minimum Gasteiger partial charge on any atom is -0.493 e. The lowest BCUT2D eigenvalue weighted by molar-refractivity contribution is 0.0998. The van der Waals surface area contributed by atoms with Crippen LogP contribution < -0.4 is 10.5 Å². The van der Waals surface area contributed by atoms with Crippen molar-refractivity contribution in [1.82, 2.24) is 9.97 Å². The van der Waals surface area contributed by atoms with Crippen molar-refractivity contribution in [3.05, 3.63) is 63.1 Å². The highest BCUT2D eigenvalue weighted by Gasteiger charge is 2.27. The van der Waals surface area contributed by atoms with Crippen molar-refractivity contribution in [1.29, 1.82) is 0 Å². The predicted octanol–water partition coefficient (Wildman–Crippen LogP) is 4.97. The minimum atomic E-state index is -0.634. The van der Waals surface area contributed by atoms with E-state index in [9.17, 15) is 9.18 Å². The second-order valence-electron chi connectivity index (χ2n) is 7.86. The van der Waals surface area contributed by atoms with Gasteiger partial charge in [0.05, 0.1) is 23.9 Å². The Morgan fingerprint density at radius 2 is 2.19 bits per heavy atom. The molecule has 3 heterocycles. The molecule has 1 amide bonds. The Morgan fingerprint density at radius 1 is 1.38 bits per heavy atom. The number of primary amides is 1. The summed E-state index contributed by atoms with van der Waals surface area (Å²) in [6, 6.07) is 4.65. The van der Waals surface area contributed by atoms with Gasteiger partial charge in [-0.3, -0.25) is 9.78 Å². The number of hydrogen-bond acceptors (Lipinski definition) is 6. The lowest BCUT2D eigenvalue weighted by Gasteiger charge is -2.21. The highest BCUT2D eigenvalue weighted by molar-refractivity contribution is 7.15. The van der Waals surface area contributed by atoms with Crippen LogP contribution in [0.25, 0.3) is 10.6 Å². The molecule has 1 unspecified atom stereocenters. The number of hydrogen-bond donors (Lipinski definition) is 1. The Bertz CT molecular complexity index is 1150. The zero-order chi connectivity index (χ0) is 22.8. The van der Waals surface area contributed by atoms with Crippen LogP contribution in [0.2, 0.25) is 5.02 Å². The van der Waals surface area contributed by atoms with E-state index in [2.05, 4.69) is 9.97 Å². The van der Waals surface area contributed by atoms with Crippen LogP contribution in [0.15, 0.2) is 30.6 Å². The number of amides is 1. The van der Waals surface area contributed by atoms with Crippen molar-refractivity contribution in [2.75, 3.05) is 19.8 Å². The van der Waals surface area contributed by atoms with Gasteiger partial charge in [0, 0.05) is 46.8 Å². The lowest BCUT2D eigenvalue weighted by Crippen LogP contribution is -2.18. The van der Waals surface area contributed by atoms with Gasteiger partial charge in [-0.1, -0.05) is 18.5 Å². The van der Waals surface area contributed by atoms with E-state index in [1.54, 1.807) is 19.2 Å². The van der Waals surface area contributed by atoms with Crippen LogP contribution in [0.1, 0.15) is 45.8 Å². The summed E-state index contributed by atoms with van der Waals surface area (Å²) in [7, 11) is 0. The van der Waals surface area contributed by atoms with Gasteiger partial charge < -0.3 is 15.2 Å². The smallest absolute Gasteiger partial charge is 0.249 e. The van der Waals surface area contributed by atoms with E-state index in [1.165, 1.54) is 23.6 Å². The number of carbonyl (C=O) groups excluding carboxylic acids is 1. The van der Waals surface area contributed by atoms with Crippen LogP contribution in [-0.2, 0) is 4.74 Å². The largest absolute Gasteiger partial charge is 0.493 e. The van der Waals surface area contributed by atoms with Crippen molar-refractivity contribution in [3.63, 3.8) is 0 Å². The quantitative estimate of drug-likeness (QED) is 0.521. The van der Waals surface area contributed by atoms with Gasteiger partial charge in [-0.25, -0.2) is 9.37 Å². The number of aromatic nitrogens is 2. The molecule has 1 aliphatic rings. The number of halogens is 2. The number of carbonyl (C=O) groups is 1. The standard InChI is InChI=1S/C23H23ClFN3O3S/c1-12-8-28-23(32-12)18-7-16(31-11-14-3-4-30-10-14)6-17(22(26)29)20(18)13(2)21-19(25)5-15(24)9-27-21/h5-9,13-14H,3-4,10-11H2,1-2H3,(H2,26,29)/t13?,14-/m1/s1. The molecular formula is C23H23ClFN3O3S.